The molecule has 2 rings (SSSR count). The molecule has 0 fully saturated rings. The van der Waals surface area contributed by atoms with E-state index in [4.69, 9.17) is 5.10 Å². The topological polar surface area (TPSA) is 33.1 Å². The Hall–Kier alpha value is -1.81. The Labute approximate surface area is 108 Å². The van der Waals surface area contributed by atoms with Gasteiger partial charge in [0.2, 0.25) is 0 Å². The third-order valence-corrected chi connectivity index (χ3v) is 2.92. The van der Waals surface area contributed by atoms with Gasteiger partial charge in [0.15, 0.2) is 0 Å². The maximum atomic E-state index is 4.70. The molecule has 0 radical (unpaired) electrons. The van der Waals surface area contributed by atoms with Crippen LogP contribution in [-0.2, 0) is 6.54 Å². The number of nitrogens with zero attached hydrogens (tertiary/aromatic N) is 3. The van der Waals surface area contributed by atoms with Gasteiger partial charge in [0.05, 0.1) is 11.4 Å². The number of benzene rings is 1. The average Bonchev–Trinajstić information content (AvgIpc) is 2.67. The van der Waals surface area contributed by atoms with Gasteiger partial charge in [0.25, 0.3) is 0 Å². The van der Waals surface area contributed by atoms with Crippen LogP contribution in [-0.4, -0.2) is 35.8 Å². The molecular weight excluding hydrogens is 224 g/mol. The molecular formula is C14H20N4. The second kappa shape index (κ2) is 5.23. The van der Waals surface area contributed by atoms with Crippen molar-refractivity contribution >= 4 is 5.82 Å². The molecule has 1 N–H and O–H groups in total. The molecule has 96 valence electrons. The third-order valence-electron chi connectivity index (χ3n) is 2.92. The van der Waals surface area contributed by atoms with Crippen LogP contribution in [0.2, 0.25) is 0 Å². The fraction of sp³-hybridized carbons (Fsp3) is 0.357. The van der Waals surface area contributed by atoms with Crippen LogP contribution in [0.5, 0.6) is 0 Å². The average molecular weight is 244 g/mol. The molecule has 1 aromatic heterocycles. The van der Waals surface area contributed by atoms with E-state index >= 15 is 0 Å². The van der Waals surface area contributed by atoms with Gasteiger partial charge in [-0.1, -0.05) is 18.2 Å². The minimum absolute atomic E-state index is 0.848. The van der Waals surface area contributed by atoms with Crippen molar-refractivity contribution in [3.05, 3.63) is 41.6 Å². The number of hydrogen-bond acceptors (Lipinski definition) is 3. The lowest BCUT2D eigenvalue weighted by atomic mass is 10.2. The van der Waals surface area contributed by atoms with Crippen molar-refractivity contribution in [1.29, 1.82) is 0 Å². The molecule has 0 saturated heterocycles. The van der Waals surface area contributed by atoms with E-state index < -0.39 is 0 Å². The molecule has 0 aliphatic rings. The number of anilines is 1. The first-order chi connectivity index (χ1) is 8.63. The molecule has 18 heavy (non-hydrogen) atoms. The smallest absolute Gasteiger partial charge is 0.132 e. The van der Waals surface area contributed by atoms with E-state index in [1.807, 2.05) is 29.9 Å². The summed E-state index contributed by atoms with van der Waals surface area (Å²) < 4.78 is 1.97. The van der Waals surface area contributed by atoms with Gasteiger partial charge in [-0.25, -0.2) is 4.68 Å². The summed E-state index contributed by atoms with van der Waals surface area (Å²) in [4.78, 5) is 2.13. The summed E-state index contributed by atoms with van der Waals surface area (Å²) in [6.07, 6.45) is 0. The molecule has 1 heterocycles. The maximum absolute atomic E-state index is 4.70. The lowest BCUT2D eigenvalue weighted by molar-refractivity contribution is 0.394. The second-order valence-corrected chi connectivity index (χ2v) is 4.66. The van der Waals surface area contributed by atoms with Crippen LogP contribution >= 0.6 is 0 Å². The Balaban J connectivity index is 2.48. The SMILES string of the molecule is CNc1c(C)c(CN(C)C)nn1-c1ccccc1. The third kappa shape index (κ3) is 2.38. The van der Waals surface area contributed by atoms with Crippen LogP contribution in [0.25, 0.3) is 5.69 Å². The van der Waals surface area contributed by atoms with Crippen molar-refractivity contribution in [3.8, 4) is 5.69 Å². The minimum atomic E-state index is 0.848. The highest BCUT2D eigenvalue weighted by Gasteiger charge is 2.14. The van der Waals surface area contributed by atoms with Crippen molar-refractivity contribution in [2.75, 3.05) is 26.5 Å². The Morgan fingerprint density at radius 1 is 1.22 bits per heavy atom. The molecule has 0 saturated carbocycles. The maximum Gasteiger partial charge on any atom is 0.132 e. The molecule has 0 unspecified atom stereocenters. The second-order valence-electron chi connectivity index (χ2n) is 4.66. The minimum Gasteiger partial charge on any atom is -0.373 e. The monoisotopic (exact) mass is 244 g/mol. The lowest BCUT2D eigenvalue weighted by Gasteiger charge is -2.07. The number of hydrogen-bond donors (Lipinski definition) is 1. The zero-order chi connectivity index (χ0) is 13.1. The summed E-state index contributed by atoms with van der Waals surface area (Å²) in [5.74, 6) is 1.05. The standard InChI is InChI=1S/C14H20N4/c1-11-13(10-17(3)4)16-18(14(11)15-2)12-8-6-5-7-9-12/h5-9,15H,10H2,1-4H3. The van der Waals surface area contributed by atoms with Crippen molar-refractivity contribution < 1.29 is 0 Å². The van der Waals surface area contributed by atoms with E-state index in [0.717, 1.165) is 23.7 Å². The van der Waals surface area contributed by atoms with Gasteiger partial charge in [0, 0.05) is 19.2 Å². The summed E-state index contributed by atoms with van der Waals surface area (Å²) in [6, 6.07) is 10.2. The van der Waals surface area contributed by atoms with E-state index in [0.29, 0.717) is 0 Å². The van der Waals surface area contributed by atoms with E-state index in [-0.39, 0.29) is 0 Å². The van der Waals surface area contributed by atoms with Crippen LogP contribution < -0.4 is 5.32 Å². The summed E-state index contributed by atoms with van der Waals surface area (Å²) in [5.41, 5.74) is 3.39. The molecule has 0 bridgehead atoms. The van der Waals surface area contributed by atoms with Crippen LogP contribution in [0.1, 0.15) is 11.3 Å². The largest absolute Gasteiger partial charge is 0.373 e. The summed E-state index contributed by atoms with van der Waals surface area (Å²) in [5, 5.41) is 7.94. The van der Waals surface area contributed by atoms with Gasteiger partial charge in [-0.05, 0) is 33.2 Å². The Kier molecular flexibility index (Phi) is 3.67. The molecule has 4 heteroatoms. The van der Waals surface area contributed by atoms with Crippen LogP contribution in [0.4, 0.5) is 5.82 Å². The highest BCUT2D eigenvalue weighted by molar-refractivity contribution is 5.52. The van der Waals surface area contributed by atoms with E-state index in [9.17, 15) is 0 Å². The van der Waals surface area contributed by atoms with Gasteiger partial charge < -0.3 is 10.2 Å². The number of aromatic nitrogens is 2. The Morgan fingerprint density at radius 3 is 2.44 bits per heavy atom. The Bertz CT molecular complexity index is 514. The first kappa shape index (κ1) is 12.6. The fourth-order valence-corrected chi connectivity index (χ4v) is 2.04. The zero-order valence-corrected chi connectivity index (χ0v) is 11.4. The lowest BCUT2D eigenvalue weighted by Crippen LogP contribution is -2.12. The summed E-state index contributed by atoms with van der Waals surface area (Å²) in [7, 11) is 6.04. The molecule has 0 amide bonds. The van der Waals surface area contributed by atoms with Crippen molar-refractivity contribution in [2.45, 2.75) is 13.5 Å². The summed E-state index contributed by atoms with van der Waals surface area (Å²) in [6.45, 7) is 2.96. The van der Waals surface area contributed by atoms with Crippen molar-refractivity contribution in [2.24, 2.45) is 0 Å². The molecule has 0 atom stereocenters. The normalized spacial score (nSPS) is 10.9. The molecule has 0 aliphatic heterocycles. The first-order valence-corrected chi connectivity index (χ1v) is 6.10. The predicted molar refractivity (Wildman–Crippen MR) is 75.2 cm³/mol. The fourth-order valence-electron chi connectivity index (χ4n) is 2.04. The van der Waals surface area contributed by atoms with E-state index in [1.54, 1.807) is 0 Å². The quantitative estimate of drug-likeness (QED) is 0.895. The van der Waals surface area contributed by atoms with Crippen molar-refractivity contribution in [1.82, 2.24) is 14.7 Å². The number of nitrogens with one attached hydrogen (secondary N) is 1. The molecule has 0 spiro atoms. The van der Waals surface area contributed by atoms with Crippen LogP contribution in [0, 0.1) is 6.92 Å². The first-order valence-electron chi connectivity index (χ1n) is 6.10. The van der Waals surface area contributed by atoms with E-state index in [1.165, 1.54) is 5.56 Å². The van der Waals surface area contributed by atoms with Gasteiger partial charge >= 0.3 is 0 Å². The molecule has 4 nitrogen and oxygen atoms in total. The number of rotatable bonds is 4. The van der Waals surface area contributed by atoms with Gasteiger partial charge in [-0.15, -0.1) is 0 Å². The number of para-hydroxylation sites is 1. The van der Waals surface area contributed by atoms with Gasteiger partial charge in [-0.2, -0.15) is 5.10 Å². The zero-order valence-electron chi connectivity index (χ0n) is 11.4. The Morgan fingerprint density at radius 2 is 1.89 bits per heavy atom. The van der Waals surface area contributed by atoms with Gasteiger partial charge in [0.1, 0.15) is 5.82 Å². The van der Waals surface area contributed by atoms with Gasteiger partial charge in [-0.3, -0.25) is 0 Å². The van der Waals surface area contributed by atoms with Crippen LogP contribution in [0.3, 0.4) is 0 Å². The molecule has 0 aliphatic carbocycles. The highest BCUT2D eigenvalue weighted by atomic mass is 15.3. The highest BCUT2D eigenvalue weighted by Crippen LogP contribution is 2.23. The molecule has 1 aromatic carbocycles. The molecule has 2 aromatic rings. The van der Waals surface area contributed by atoms with Crippen molar-refractivity contribution in [3.63, 3.8) is 0 Å². The predicted octanol–water partition coefficient (Wildman–Crippen LogP) is 2.28. The van der Waals surface area contributed by atoms with E-state index in [2.05, 4.69) is 43.4 Å². The summed E-state index contributed by atoms with van der Waals surface area (Å²) >= 11 is 0. The van der Waals surface area contributed by atoms with Crippen LogP contribution in [0.15, 0.2) is 30.3 Å².